The van der Waals surface area contributed by atoms with Crippen LogP contribution in [0.4, 0.5) is 4.39 Å². The lowest BCUT2D eigenvalue weighted by Crippen LogP contribution is -2.28. The molecule has 2 rings (SSSR count). The van der Waals surface area contributed by atoms with Gasteiger partial charge in [-0.1, -0.05) is 17.7 Å². The van der Waals surface area contributed by atoms with E-state index in [1.54, 1.807) is 38.5 Å². The van der Waals surface area contributed by atoms with Crippen molar-refractivity contribution in [1.29, 1.82) is 0 Å². The summed E-state index contributed by atoms with van der Waals surface area (Å²) in [6.45, 7) is 1.83. The highest BCUT2D eigenvalue weighted by atomic mass is 35.5. The molecule has 0 unspecified atom stereocenters. The molecule has 0 aliphatic heterocycles. The lowest BCUT2D eigenvalue weighted by Gasteiger charge is -2.18. The minimum Gasteiger partial charge on any atom is -0.497 e. The number of carbonyl (C=O) groups excluding carboxylic acids is 1. The van der Waals surface area contributed by atoms with Crippen molar-refractivity contribution in [1.82, 2.24) is 5.32 Å². The second-order valence-corrected chi connectivity index (χ2v) is 5.75. The molecule has 0 saturated heterocycles. The van der Waals surface area contributed by atoms with E-state index in [4.69, 9.17) is 21.1 Å². The average molecular weight is 352 g/mol. The minimum absolute atomic E-state index is 0.0698. The molecule has 0 aromatic heterocycles. The van der Waals surface area contributed by atoms with Gasteiger partial charge in [-0.3, -0.25) is 4.79 Å². The summed E-state index contributed by atoms with van der Waals surface area (Å²) < 4.78 is 24.3. The van der Waals surface area contributed by atoms with Crippen molar-refractivity contribution in [3.63, 3.8) is 0 Å². The van der Waals surface area contributed by atoms with Crippen molar-refractivity contribution < 1.29 is 18.7 Å². The lowest BCUT2D eigenvalue weighted by molar-refractivity contribution is -0.121. The number of hydrogen-bond donors (Lipinski definition) is 1. The SMILES string of the molecule is COc1ccc(OC)c([C@H](C)NC(=O)Cc2ccc(Cl)cc2F)c1. The molecule has 1 amide bonds. The number of amides is 1. The van der Waals surface area contributed by atoms with Gasteiger partial charge in [-0.15, -0.1) is 0 Å². The summed E-state index contributed by atoms with van der Waals surface area (Å²) in [4.78, 5) is 12.2. The van der Waals surface area contributed by atoms with Crippen LogP contribution >= 0.6 is 11.6 Å². The van der Waals surface area contributed by atoms with Crippen molar-refractivity contribution in [2.75, 3.05) is 14.2 Å². The fourth-order valence-corrected chi connectivity index (χ4v) is 2.54. The molecule has 1 atom stereocenters. The van der Waals surface area contributed by atoms with E-state index in [-0.39, 0.29) is 18.4 Å². The van der Waals surface area contributed by atoms with Crippen LogP contribution in [-0.2, 0) is 11.2 Å². The third-order valence-electron chi connectivity index (χ3n) is 3.65. The molecule has 0 aliphatic carbocycles. The number of halogens is 2. The summed E-state index contributed by atoms with van der Waals surface area (Å²) >= 11 is 5.71. The molecule has 0 heterocycles. The highest BCUT2D eigenvalue weighted by Gasteiger charge is 2.16. The number of nitrogens with one attached hydrogen (secondary N) is 1. The van der Waals surface area contributed by atoms with E-state index in [0.29, 0.717) is 22.1 Å². The Kier molecular flexibility index (Phi) is 6.04. The number of methoxy groups -OCH3 is 2. The third kappa shape index (κ3) is 4.38. The zero-order chi connectivity index (χ0) is 17.7. The zero-order valence-corrected chi connectivity index (χ0v) is 14.5. The normalized spacial score (nSPS) is 11.7. The largest absolute Gasteiger partial charge is 0.497 e. The van der Waals surface area contributed by atoms with Crippen molar-refractivity contribution in [3.8, 4) is 11.5 Å². The molecule has 1 N–H and O–H groups in total. The van der Waals surface area contributed by atoms with Gasteiger partial charge in [-0.05, 0) is 42.8 Å². The Morgan fingerprint density at radius 2 is 1.96 bits per heavy atom. The van der Waals surface area contributed by atoms with Crippen LogP contribution in [-0.4, -0.2) is 20.1 Å². The van der Waals surface area contributed by atoms with Gasteiger partial charge in [0, 0.05) is 10.6 Å². The molecular weight excluding hydrogens is 333 g/mol. The Hall–Kier alpha value is -2.27. The van der Waals surface area contributed by atoms with Gasteiger partial charge in [0.15, 0.2) is 0 Å². The first-order chi connectivity index (χ1) is 11.4. The maximum atomic E-state index is 13.8. The number of carbonyl (C=O) groups is 1. The topological polar surface area (TPSA) is 47.6 Å². The monoisotopic (exact) mass is 351 g/mol. The van der Waals surface area contributed by atoms with Crippen molar-refractivity contribution in [3.05, 3.63) is 58.4 Å². The first-order valence-corrected chi connectivity index (χ1v) is 7.77. The average Bonchev–Trinajstić information content (AvgIpc) is 2.56. The summed E-state index contributed by atoms with van der Waals surface area (Å²) in [6, 6.07) is 9.29. The predicted octanol–water partition coefficient (Wildman–Crippen LogP) is 3.92. The summed E-state index contributed by atoms with van der Waals surface area (Å²) in [5.74, 6) is 0.509. The molecule has 0 spiro atoms. The van der Waals surface area contributed by atoms with Crippen LogP contribution in [0.25, 0.3) is 0 Å². The Morgan fingerprint density at radius 1 is 1.21 bits per heavy atom. The van der Waals surface area contributed by atoms with Crippen LogP contribution in [0.15, 0.2) is 36.4 Å². The third-order valence-corrected chi connectivity index (χ3v) is 3.88. The van der Waals surface area contributed by atoms with Gasteiger partial charge < -0.3 is 14.8 Å². The fraction of sp³-hybridized carbons (Fsp3) is 0.278. The molecule has 24 heavy (non-hydrogen) atoms. The second-order valence-electron chi connectivity index (χ2n) is 5.31. The molecule has 2 aromatic carbocycles. The van der Waals surface area contributed by atoms with Gasteiger partial charge in [-0.2, -0.15) is 0 Å². The predicted molar refractivity (Wildman–Crippen MR) is 91.2 cm³/mol. The van der Waals surface area contributed by atoms with E-state index in [1.165, 1.54) is 12.1 Å². The first kappa shape index (κ1) is 18.1. The van der Waals surface area contributed by atoms with Gasteiger partial charge >= 0.3 is 0 Å². The number of ether oxygens (including phenoxy) is 2. The fourth-order valence-electron chi connectivity index (χ4n) is 2.39. The molecule has 4 nitrogen and oxygen atoms in total. The molecule has 0 saturated carbocycles. The van der Waals surface area contributed by atoms with Crippen LogP contribution in [0.3, 0.4) is 0 Å². The van der Waals surface area contributed by atoms with E-state index in [0.717, 1.165) is 5.56 Å². The molecule has 0 bridgehead atoms. The number of rotatable bonds is 6. The summed E-state index contributed by atoms with van der Waals surface area (Å²) in [6.07, 6.45) is -0.0698. The van der Waals surface area contributed by atoms with Gasteiger partial charge in [0.2, 0.25) is 5.91 Å². The van der Waals surface area contributed by atoms with Crippen LogP contribution in [0, 0.1) is 5.82 Å². The standard InChI is InChI=1S/C18H19ClFNO3/c1-11(15-10-14(23-2)6-7-17(15)24-3)21-18(22)8-12-4-5-13(19)9-16(12)20/h4-7,9-11H,8H2,1-3H3,(H,21,22)/t11-/m0/s1. The Balaban J connectivity index is 2.11. The minimum atomic E-state index is -0.496. The summed E-state index contributed by atoms with van der Waals surface area (Å²) in [5, 5.41) is 3.14. The lowest BCUT2D eigenvalue weighted by atomic mass is 10.1. The maximum absolute atomic E-state index is 13.8. The van der Waals surface area contributed by atoms with Gasteiger partial charge in [0.05, 0.1) is 26.7 Å². The van der Waals surface area contributed by atoms with Crippen molar-refractivity contribution in [2.45, 2.75) is 19.4 Å². The molecule has 0 fully saturated rings. The Morgan fingerprint density at radius 3 is 2.58 bits per heavy atom. The van der Waals surface area contributed by atoms with E-state index in [9.17, 15) is 9.18 Å². The number of benzene rings is 2. The number of hydrogen-bond acceptors (Lipinski definition) is 3. The molecule has 128 valence electrons. The van der Waals surface area contributed by atoms with Crippen molar-refractivity contribution >= 4 is 17.5 Å². The van der Waals surface area contributed by atoms with Gasteiger partial charge in [-0.25, -0.2) is 4.39 Å². The van der Waals surface area contributed by atoms with Gasteiger partial charge in [0.1, 0.15) is 17.3 Å². The van der Waals surface area contributed by atoms with Crippen LogP contribution < -0.4 is 14.8 Å². The Bertz CT molecular complexity index is 736. The van der Waals surface area contributed by atoms with E-state index in [2.05, 4.69) is 5.32 Å². The molecule has 2 aromatic rings. The summed E-state index contributed by atoms with van der Waals surface area (Å²) in [5.41, 5.74) is 1.07. The zero-order valence-electron chi connectivity index (χ0n) is 13.7. The highest BCUT2D eigenvalue weighted by molar-refractivity contribution is 6.30. The van der Waals surface area contributed by atoms with Crippen molar-refractivity contribution in [2.24, 2.45) is 0 Å². The highest BCUT2D eigenvalue weighted by Crippen LogP contribution is 2.29. The van der Waals surface area contributed by atoms with Crippen LogP contribution in [0.5, 0.6) is 11.5 Å². The first-order valence-electron chi connectivity index (χ1n) is 7.39. The molecule has 6 heteroatoms. The smallest absolute Gasteiger partial charge is 0.225 e. The van der Waals surface area contributed by atoms with E-state index < -0.39 is 5.82 Å². The molecule has 0 aliphatic rings. The second kappa shape index (κ2) is 8.02. The van der Waals surface area contributed by atoms with Crippen LogP contribution in [0.2, 0.25) is 5.02 Å². The van der Waals surface area contributed by atoms with E-state index >= 15 is 0 Å². The summed E-state index contributed by atoms with van der Waals surface area (Å²) in [7, 11) is 3.13. The Labute approximate surface area is 145 Å². The molecular formula is C18H19ClFNO3. The quantitative estimate of drug-likeness (QED) is 0.858. The van der Waals surface area contributed by atoms with Gasteiger partial charge in [0.25, 0.3) is 0 Å². The van der Waals surface area contributed by atoms with E-state index in [1.807, 2.05) is 6.92 Å². The maximum Gasteiger partial charge on any atom is 0.225 e. The molecule has 0 radical (unpaired) electrons. The van der Waals surface area contributed by atoms with Crippen LogP contribution in [0.1, 0.15) is 24.1 Å².